The smallest absolute Gasteiger partial charge is 0.239 e. The van der Waals surface area contributed by atoms with Gasteiger partial charge >= 0.3 is 0 Å². The van der Waals surface area contributed by atoms with Gasteiger partial charge in [-0.2, -0.15) is 5.26 Å². The Morgan fingerprint density at radius 3 is 2.80 bits per heavy atom. The first kappa shape index (κ1) is 9.21. The summed E-state index contributed by atoms with van der Waals surface area (Å²) in [5.74, 6) is 0.235. The van der Waals surface area contributed by atoms with E-state index in [0.29, 0.717) is 5.56 Å². The van der Waals surface area contributed by atoms with Crippen LogP contribution in [-0.4, -0.2) is 14.8 Å². The number of benzene rings is 1. The molecule has 1 aromatic carbocycles. The van der Waals surface area contributed by atoms with Gasteiger partial charge in [-0.25, -0.2) is 9.67 Å². The first-order chi connectivity index (χ1) is 7.20. The molecule has 0 fully saturated rings. The number of aromatic nitrogens is 3. The maximum absolute atomic E-state index is 8.72. The third-order valence-electron chi connectivity index (χ3n) is 2.08. The molecule has 1 heterocycles. The Morgan fingerprint density at radius 1 is 1.47 bits per heavy atom. The molecule has 0 atom stereocenters. The van der Waals surface area contributed by atoms with E-state index in [9.17, 15) is 0 Å². The normalized spacial score (nSPS) is 9.87. The van der Waals surface area contributed by atoms with Crippen molar-refractivity contribution in [2.24, 2.45) is 0 Å². The first-order valence-corrected chi connectivity index (χ1v) is 4.39. The molecule has 5 nitrogen and oxygen atoms in total. The number of anilines is 1. The molecule has 2 aromatic rings. The summed E-state index contributed by atoms with van der Waals surface area (Å²) in [6.07, 6.45) is 1.55. The Bertz CT molecular complexity index is 535. The van der Waals surface area contributed by atoms with Crippen molar-refractivity contribution in [3.8, 4) is 11.8 Å². The van der Waals surface area contributed by atoms with Crippen molar-refractivity contribution in [2.75, 3.05) is 5.73 Å². The molecule has 0 radical (unpaired) electrons. The molecule has 0 saturated heterocycles. The maximum atomic E-state index is 8.72. The Kier molecular flexibility index (Phi) is 2.10. The molecule has 15 heavy (non-hydrogen) atoms. The van der Waals surface area contributed by atoms with Crippen molar-refractivity contribution in [1.82, 2.24) is 14.8 Å². The summed E-state index contributed by atoms with van der Waals surface area (Å²) in [5, 5.41) is 12.7. The molecule has 2 N–H and O–H groups in total. The fraction of sp³-hybridized carbons (Fsp3) is 0.100. The number of aryl methyl sites for hydroxylation is 1. The summed E-state index contributed by atoms with van der Waals surface area (Å²) in [5.41, 5.74) is 7.89. The average molecular weight is 199 g/mol. The molecule has 0 saturated carbocycles. The van der Waals surface area contributed by atoms with E-state index >= 15 is 0 Å². The maximum Gasteiger partial charge on any atom is 0.239 e. The summed E-state index contributed by atoms with van der Waals surface area (Å²) < 4.78 is 1.59. The van der Waals surface area contributed by atoms with E-state index in [0.717, 1.165) is 11.3 Å². The van der Waals surface area contributed by atoms with Gasteiger partial charge in [0.25, 0.3) is 0 Å². The SMILES string of the molecule is Cc1cc(C#N)ccc1-n1cnc(N)n1. The number of hydrogen-bond acceptors (Lipinski definition) is 4. The molecule has 1 aromatic heterocycles. The predicted octanol–water partition coefficient (Wildman–Crippen LogP) is 1.03. The third-order valence-corrected chi connectivity index (χ3v) is 2.08. The number of nitrogens with zero attached hydrogens (tertiary/aromatic N) is 4. The van der Waals surface area contributed by atoms with Crippen molar-refractivity contribution in [3.05, 3.63) is 35.7 Å². The summed E-state index contributed by atoms with van der Waals surface area (Å²) >= 11 is 0. The van der Waals surface area contributed by atoms with Crippen LogP contribution in [0.25, 0.3) is 5.69 Å². The largest absolute Gasteiger partial charge is 0.366 e. The van der Waals surface area contributed by atoms with Crippen molar-refractivity contribution >= 4 is 5.95 Å². The second-order valence-electron chi connectivity index (χ2n) is 3.16. The van der Waals surface area contributed by atoms with Crippen LogP contribution in [0.1, 0.15) is 11.1 Å². The molecule has 74 valence electrons. The van der Waals surface area contributed by atoms with Crippen LogP contribution in [0.15, 0.2) is 24.5 Å². The Hall–Kier alpha value is -2.35. The quantitative estimate of drug-likeness (QED) is 0.743. The van der Waals surface area contributed by atoms with Crippen molar-refractivity contribution < 1.29 is 0 Å². The Balaban J connectivity index is 2.51. The van der Waals surface area contributed by atoms with E-state index in [-0.39, 0.29) is 5.95 Å². The van der Waals surface area contributed by atoms with Crippen LogP contribution >= 0.6 is 0 Å². The highest BCUT2D eigenvalue weighted by Crippen LogP contribution is 2.14. The van der Waals surface area contributed by atoms with Gasteiger partial charge in [0.2, 0.25) is 5.95 Å². The number of nitriles is 1. The third kappa shape index (κ3) is 1.65. The van der Waals surface area contributed by atoms with Gasteiger partial charge < -0.3 is 5.73 Å². The lowest BCUT2D eigenvalue weighted by Crippen LogP contribution is -1.99. The fourth-order valence-electron chi connectivity index (χ4n) is 1.37. The average Bonchev–Trinajstić information content (AvgIpc) is 2.64. The van der Waals surface area contributed by atoms with Crippen molar-refractivity contribution in [2.45, 2.75) is 6.92 Å². The predicted molar refractivity (Wildman–Crippen MR) is 55.2 cm³/mol. The molecule has 0 aliphatic heterocycles. The minimum Gasteiger partial charge on any atom is -0.366 e. The number of nitrogen functional groups attached to an aromatic ring is 1. The molecule has 0 aliphatic carbocycles. The molecule has 0 unspecified atom stereocenters. The molecule has 5 heteroatoms. The van der Waals surface area contributed by atoms with Gasteiger partial charge in [-0.3, -0.25) is 0 Å². The molecule has 0 aliphatic rings. The standard InChI is InChI=1S/C10H9N5/c1-7-4-8(5-11)2-3-9(7)15-6-13-10(12)14-15/h2-4,6H,1H3,(H2,12,14). The zero-order valence-electron chi connectivity index (χ0n) is 8.18. The highest BCUT2D eigenvalue weighted by molar-refractivity contribution is 5.45. The number of nitrogens with two attached hydrogens (primary N) is 1. The van der Waals surface area contributed by atoms with E-state index in [1.807, 2.05) is 13.0 Å². The lowest BCUT2D eigenvalue weighted by atomic mass is 10.1. The van der Waals surface area contributed by atoms with Crippen molar-refractivity contribution in [1.29, 1.82) is 5.26 Å². The zero-order chi connectivity index (χ0) is 10.8. The van der Waals surface area contributed by atoms with Gasteiger partial charge in [-0.05, 0) is 30.7 Å². The zero-order valence-corrected chi connectivity index (χ0v) is 8.18. The molecular formula is C10H9N5. The van der Waals surface area contributed by atoms with Crippen LogP contribution < -0.4 is 5.73 Å². The second-order valence-corrected chi connectivity index (χ2v) is 3.16. The number of hydrogen-bond donors (Lipinski definition) is 1. The minimum atomic E-state index is 0.235. The molecule has 2 rings (SSSR count). The van der Waals surface area contributed by atoms with Gasteiger partial charge in [-0.15, -0.1) is 5.10 Å². The highest BCUT2D eigenvalue weighted by Gasteiger charge is 2.03. The van der Waals surface area contributed by atoms with Gasteiger partial charge in [-0.1, -0.05) is 0 Å². The topological polar surface area (TPSA) is 80.5 Å². The van der Waals surface area contributed by atoms with E-state index in [4.69, 9.17) is 11.0 Å². The van der Waals surface area contributed by atoms with E-state index in [2.05, 4.69) is 16.2 Å². The second kappa shape index (κ2) is 3.42. The molecule has 0 bridgehead atoms. The lowest BCUT2D eigenvalue weighted by Gasteiger charge is -2.04. The summed E-state index contributed by atoms with van der Waals surface area (Å²) in [7, 11) is 0. The number of rotatable bonds is 1. The molecule has 0 amide bonds. The van der Waals surface area contributed by atoms with E-state index in [1.54, 1.807) is 23.1 Å². The first-order valence-electron chi connectivity index (χ1n) is 4.39. The van der Waals surface area contributed by atoms with Crippen molar-refractivity contribution in [3.63, 3.8) is 0 Å². The van der Waals surface area contributed by atoms with Gasteiger partial charge in [0.1, 0.15) is 6.33 Å². The summed E-state index contributed by atoms with van der Waals surface area (Å²) in [4.78, 5) is 3.84. The Labute approximate surface area is 86.8 Å². The van der Waals surface area contributed by atoms with Gasteiger partial charge in [0.05, 0.1) is 17.3 Å². The minimum absolute atomic E-state index is 0.235. The monoisotopic (exact) mass is 199 g/mol. The van der Waals surface area contributed by atoms with Crippen LogP contribution in [-0.2, 0) is 0 Å². The molecule has 0 spiro atoms. The van der Waals surface area contributed by atoms with E-state index < -0.39 is 0 Å². The highest BCUT2D eigenvalue weighted by atomic mass is 15.4. The summed E-state index contributed by atoms with van der Waals surface area (Å²) in [6.45, 7) is 1.91. The van der Waals surface area contributed by atoms with Crippen LogP contribution in [0.2, 0.25) is 0 Å². The molecular weight excluding hydrogens is 190 g/mol. The lowest BCUT2D eigenvalue weighted by molar-refractivity contribution is 0.875. The van der Waals surface area contributed by atoms with Gasteiger partial charge in [0.15, 0.2) is 0 Å². The van der Waals surface area contributed by atoms with Gasteiger partial charge in [0, 0.05) is 0 Å². The van der Waals surface area contributed by atoms with Crippen LogP contribution in [0.5, 0.6) is 0 Å². The van der Waals surface area contributed by atoms with Crippen LogP contribution in [0.4, 0.5) is 5.95 Å². The Morgan fingerprint density at radius 2 is 2.27 bits per heavy atom. The van der Waals surface area contributed by atoms with Crippen LogP contribution in [0, 0.1) is 18.3 Å². The van der Waals surface area contributed by atoms with Crippen LogP contribution in [0.3, 0.4) is 0 Å². The summed E-state index contributed by atoms with van der Waals surface area (Å²) in [6, 6.07) is 7.44. The fourth-order valence-corrected chi connectivity index (χ4v) is 1.37. The van der Waals surface area contributed by atoms with E-state index in [1.165, 1.54) is 0 Å².